The molecule has 0 aliphatic carbocycles. The molecule has 1 unspecified atom stereocenters. The molecule has 114 valence electrons. The third kappa shape index (κ3) is 5.56. The Kier molecular flexibility index (Phi) is 7.73. The van der Waals surface area contributed by atoms with Crippen LogP contribution in [0.1, 0.15) is 55.4 Å². The predicted molar refractivity (Wildman–Crippen MR) is 83.1 cm³/mol. The van der Waals surface area contributed by atoms with E-state index in [2.05, 4.69) is 55.4 Å². The monoisotopic (exact) mass is 270 g/mol. The second-order valence-corrected chi connectivity index (χ2v) is 7.16. The number of hydrogen-bond acceptors (Lipinski definition) is 2. The highest BCUT2D eigenvalue weighted by atomic mass is 16.3. The highest BCUT2D eigenvalue weighted by Crippen LogP contribution is 2.30. The van der Waals surface area contributed by atoms with Gasteiger partial charge in [0.05, 0.1) is 11.9 Å². The summed E-state index contributed by atoms with van der Waals surface area (Å²) < 4.78 is 0. The predicted octanol–water partition coefficient (Wildman–Crippen LogP) is 4.65. The standard InChI is InChI=1S/C17H34O2/c1-10(2)16(11(3)4)14(18)9-15(19)17(12(5)6)13(7)8/h9-14,16-19H,1-8H3. The summed E-state index contributed by atoms with van der Waals surface area (Å²) in [6.07, 6.45) is 1.11. The van der Waals surface area contributed by atoms with Crippen molar-refractivity contribution in [3.05, 3.63) is 11.8 Å². The first-order valence-electron chi connectivity index (χ1n) is 7.68. The van der Waals surface area contributed by atoms with Gasteiger partial charge in [-0.2, -0.15) is 0 Å². The van der Waals surface area contributed by atoms with Gasteiger partial charge >= 0.3 is 0 Å². The minimum atomic E-state index is -0.569. The lowest BCUT2D eigenvalue weighted by molar-refractivity contribution is 0.0841. The Bertz CT molecular complexity index is 261. The Morgan fingerprint density at radius 2 is 1.11 bits per heavy atom. The van der Waals surface area contributed by atoms with Crippen LogP contribution < -0.4 is 0 Å². The molecule has 2 N–H and O–H groups in total. The van der Waals surface area contributed by atoms with E-state index >= 15 is 0 Å². The summed E-state index contributed by atoms with van der Waals surface area (Å²) in [4.78, 5) is 0. The van der Waals surface area contributed by atoms with E-state index in [-0.39, 0.29) is 11.8 Å². The first-order chi connectivity index (χ1) is 8.59. The summed E-state index contributed by atoms with van der Waals surface area (Å²) in [5.41, 5.74) is 0. The maximum absolute atomic E-state index is 10.4. The Balaban J connectivity index is 5.08. The number of aliphatic hydroxyl groups excluding tert-OH is 2. The van der Waals surface area contributed by atoms with Gasteiger partial charge in [-0.1, -0.05) is 55.4 Å². The van der Waals surface area contributed by atoms with Gasteiger partial charge in [0, 0.05) is 5.92 Å². The zero-order valence-corrected chi connectivity index (χ0v) is 14.0. The van der Waals surface area contributed by atoms with Gasteiger partial charge in [0.1, 0.15) is 0 Å². The van der Waals surface area contributed by atoms with Gasteiger partial charge in [0.15, 0.2) is 0 Å². The minimum Gasteiger partial charge on any atom is -0.512 e. The second kappa shape index (κ2) is 7.94. The normalized spacial score (nSPS) is 15.6. The molecular weight excluding hydrogens is 236 g/mol. The quantitative estimate of drug-likeness (QED) is 0.661. The van der Waals surface area contributed by atoms with E-state index in [1.807, 2.05) is 0 Å². The smallest absolute Gasteiger partial charge is 0.0944 e. The van der Waals surface area contributed by atoms with Crippen LogP contribution in [-0.4, -0.2) is 16.3 Å². The van der Waals surface area contributed by atoms with Crippen LogP contribution in [0.4, 0.5) is 0 Å². The zero-order chi connectivity index (χ0) is 15.3. The molecule has 0 fully saturated rings. The van der Waals surface area contributed by atoms with Crippen molar-refractivity contribution in [2.75, 3.05) is 0 Å². The van der Waals surface area contributed by atoms with Crippen LogP contribution in [-0.2, 0) is 0 Å². The van der Waals surface area contributed by atoms with Crippen LogP contribution in [0.2, 0.25) is 0 Å². The number of aliphatic hydroxyl groups is 2. The first kappa shape index (κ1) is 18.5. The fourth-order valence-corrected chi connectivity index (χ4v) is 3.41. The van der Waals surface area contributed by atoms with Gasteiger partial charge in [-0.3, -0.25) is 0 Å². The third-order valence-corrected chi connectivity index (χ3v) is 4.05. The Morgan fingerprint density at radius 3 is 1.37 bits per heavy atom. The van der Waals surface area contributed by atoms with Crippen LogP contribution >= 0.6 is 0 Å². The lowest BCUT2D eigenvalue weighted by Crippen LogP contribution is -2.29. The van der Waals surface area contributed by atoms with Crippen molar-refractivity contribution in [3.8, 4) is 0 Å². The summed E-state index contributed by atoms with van der Waals surface area (Å²) in [6, 6.07) is 0. The van der Waals surface area contributed by atoms with Gasteiger partial charge in [0.2, 0.25) is 0 Å². The van der Waals surface area contributed by atoms with E-state index < -0.39 is 6.10 Å². The Morgan fingerprint density at radius 1 is 0.737 bits per heavy atom. The Hall–Kier alpha value is -0.500. The largest absolute Gasteiger partial charge is 0.512 e. The summed E-state index contributed by atoms with van der Waals surface area (Å²) in [5.74, 6) is 2.20. The summed E-state index contributed by atoms with van der Waals surface area (Å²) in [5, 5.41) is 20.7. The van der Waals surface area contributed by atoms with Crippen molar-refractivity contribution in [1.29, 1.82) is 0 Å². The van der Waals surface area contributed by atoms with Gasteiger partial charge < -0.3 is 10.2 Å². The molecule has 0 aliphatic heterocycles. The molecule has 2 heteroatoms. The van der Waals surface area contributed by atoms with Crippen molar-refractivity contribution >= 4 is 0 Å². The topological polar surface area (TPSA) is 40.5 Å². The molecule has 0 aromatic heterocycles. The lowest BCUT2D eigenvalue weighted by Gasteiger charge is -2.30. The van der Waals surface area contributed by atoms with Crippen molar-refractivity contribution in [2.24, 2.45) is 35.5 Å². The van der Waals surface area contributed by atoms with E-state index in [1.165, 1.54) is 0 Å². The van der Waals surface area contributed by atoms with Gasteiger partial charge in [-0.05, 0) is 35.7 Å². The highest BCUT2D eigenvalue weighted by Gasteiger charge is 2.27. The second-order valence-electron chi connectivity index (χ2n) is 7.16. The Labute approximate surface area is 119 Å². The molecule has 0 aromatic carbocycles. The molecule has 0 amide bonds. The van der Waals surface area contributed by atoms with E-state index in [9.17, 15) is 10.2 Å². The van der Waals surface area contributed by atoms with E-state index in [0.717, 1.165) is 0 Å². The van der Waals surface area contributed by atoms with Crippen molar-refractivity contribution in [1.82, 2.24) is 0 Å². The molecule has 0 heterocycles. The minimum absolute atomic E-state index is 0.120. The number of allylic oxidation sites excluding steroid dienone is 1. The fraction of sp³-hybridized carbons (Fsp3) is 0.882. The maximum atomic E-state index is 10.4. The average molecular weight is 270 g/mol. The summed E-state index contributed by atoms with van der Waals surface area (Å²) in [6.45, 7) is 17.0. The molecule has 19 heavy (non-hydrogen) atoms. The van der Waals surface area contributed by atoms with Crippen LogP contribution in [0.3, 0.4) is 0 Å². The van der Waals surface area contributed by atoms with Crippen molar-refractivity contribution in [3.63, 3.8) is 0 Å². The third-order valence-electron chi connectivity index (χ3n) is 4.05. The van der Waals surface area contributed by atoms with E-state index in [1.54, 1.807) is 6.08 Å². The molecule has 0 aromatic rings. The summed E-state index contributed by atoms with van der Waals surface area (Å²) in [7, 11) is 0. The molecule has 0 aliphatic rings. The fourth-order valence-electron chi connectivity index (χ4n) is 3.41. The van der Waals surface area contributed by atoms with Crippen molar-refractivity contribution in [2.45, 2.75) is 61.5 Å². The molecule has 0 radical (unpaired) electrons. The number of hydrogen-bond donors (Lipinski definition) is 2. The van der Waals surface area contributed by atoms with Gasteiger partial charge in [-0.25, -0.2) is 0 Å². The van der Waals surface area contributed by atoms with Crippen LogP contribution in [0.15, 0.2) is 11.8 Å². The van der Waals surface area contributed by atoms with Gasteiger partial charge in [-0.15, -0.1) is 0 Å². The van der Waals surface area contributed by atoms with Crippen LogP contribution in [0.25, 0.3) is 0 Å². The number of rotatable bonds is 7. The van der Waals surface area contributed by atoms with Crippen LogP contribution in [0.5, 0.6) is 0 Å². The molecule has 1 atom stereocenters. The SMILES string of the molecule is CC(C)C(C(O)=CC(O)C(C(C)C)C(C)C)C(C)C. The molecule has 0 spiro atoms. The van der Waals surface area contributed by atoms with Crippen LogP contribution in [0, 0.1) is 35.5 Å². The van der Waals surface area contributed by atoms with E-state index in [0.29, 0.717) is 29.4 Å². The maximum Gasteiger partial charge on any atom is 0.0944 e. The van der Waals surface area contributed by atoms with Crippen molar-refractivity contribution < 1.29 is 10.2 Å². The molecule has 0 saturated heterocycles. The first-order valence-corrected chi connectivity index (χ1v) is 7.68. The molecule has 0 saturated carbocycles. The molecule has 2 nitrogen and oxygen atoms in total. The summed E-state index contributed by atoms with van der Waals surface area (Å²) >= 11 is 0. The zero-order valence-electron chi connectivity index (χ0n) is 14.0. The molecule has 0 bridgehead atoms. The lowest BCUT2D eigenvalue weighted by atomic mass is 9.79. The average Bonchev–Trinajstić information content (AvgIpc) is 2.13. The van der Waals surface area contributed by atoms with E-state index in [4.69, 9.17) is 0 Å². The van der Waals surface area contributed by atoms with Gasteiger partial charge in [0.25, 0.3) is 0 Å². The molecule has 0 rings (SSSR count). The molecular formula is C17H34O2. The highest BCUT2D eigenvalue weighted by molar-refractivity contribution is 5.04.